The summed E-state index contributed by atoms with van der Waals surface area (Å²) in [7, 11) is 0. The fourth-order valence-electron chi connectivity index (χ4n) is 0.733. The summed E-state index contributed by atoms with van der Waals surface area (Å²) >= 11 is 1.93. The number of halogens is 2. The van der Waals surface area contributed by atoms with Gasteiger partial charge in [-0.15, -0.1) is 0 Å². The molecule has 0 N–H and O–H groups in total. The molecular weight excluding hydrogens is 258 g/mol. The summed E-state index contributed by atoms with van der Waals surface area (Å²) in [6.07, 6.45) is 0. The van der Waals surface area contributed by atoms with Crippen LogP contribution < -0.4 is 4.74 Å². The van der Waals surface area contributed by atoms with E-state index in [0.717, 1.165) is 5.75 Å². The van der Waals surface area contributed by atoms with Crippen LogP contribution in [0.4, 0.5) is 4.39 Å². The minimum atomic E-state index is -0.200. The van der Waals surface area contributed by atoms with E-state index >= 15 is 0 Å². The van der Waals surface area contributed by atoms with Crippen LogP contribution in [-0.2, 0) is 0 Å². The molecule has 60 valence electrons. The average molecular weight is 266 g/mol. The number of benzene rings is 1. The summed E-state index contributed by atoms with van der Waals surface area (Å²) in [6.45, 7) is 2.51. The van der Waals surface area contributed by atoms with Gasteiger partial charge in [0, 0.05) is 0 Å². The second kappa shape index (κ2) is 3.90. The van der Waals surface area contributed by atoms with Gasteiger partial charge in [-0.05, 0) is 47.7 Å². The van der Waals surface area contributed by atoms with E-state index in [4.69, 9.17) is 4.74 Å². The van der Waals surface area contributed by atoms with Gasteiger partial charge in [0.15, 0.2) is 0 Å². The standard InChI is InChI=1S/C8H8FIO/c1-2-11-6-3-4-7(9)8(10)5-6/h3-5H,2H2,1H3. The summed E-state index contributed by atoms with van der Waals surface area (Å²) in [4.78, 5) is 0. The van der Waals surface area contributed by atoms with Crippen molar-refractivity contribution < 1.29 is 9.13 Å². The lowest BCUT2D eigenvalue weighted by Crippen LogP contribution is -1.92. The number of rotatable bonds is 2. The molecule has 0 heterocycles. The zero-order chi connectivity index (χ0) is 8.27. The molecule has 3 heteroatoms. The fraction of sp³-hybridized carbons (Fsp3) is 0.250. The Morgan fingerprint density at radius 2 is 2.27 bits per heavy atom. The molecule has 0 bridgehead atoms. The van der Waals surface area contributed by atoms with Crippen molar-refractivity contribution in [3.05, 3.63) is 27.6 Å². The quantitative estimate of drug-likeness (QED) is 0.748. The highest BCUT2D eigenvalue weighted by Gasteiger charge is 1.99. The molecule has 0 aliphatic carbocycles. The van der Waals surface area contributed by atoms with Crippen LogP contribution in [0.25, 0.3) is 0 Å². The number of hydrogen-bond donors (Lipinski definition) is 0. The SMILES string of the molecule is CCOc1ccc(F)c(I)c1. The van der Waals surface area contributed by atoms with Gasteiger partial charge in [0.25, 0.3) is 0 Å². The van der Waals surface area contributed by atoms with E-state index < -0.39 is 0 Å². The Balaban J connectivity index is 2.86. The van der Waals surface area contributed by atoms with Crippen molar-refractivity contribution in [2.24, 2.45) is 0 Å². The lowest BCUT2D eigenvalue weighted by atomic mass is 10.3. The van der Waals surface area contributed by atoms with Crippen LogP contribution in [0.2, 0.25) is 0 Å². The van der Waals surface area contributed by atoms with Crippen molar-refractivity contribution in [2.75, 3.05) is 6.61 Å². The van der Waals surface area contributed by atoms with E-state index in [0.29, 0.717) is 10.2 Å². The van der Waals surface area contributed by atoms with Gasteiger partial charge in [-0.1, -0.05) is 0 Å². The first-order chi connectivity index (χ1) is 5.24. The Kier molecular flexibility index (Phi) is 3.11. The van der Waals surface area contributed by atoms with Crippen LogP contribution >= 0.6 is 22.6 Å². The van der Waals surface area contributed by atoms with E-state index in [2.05, 4.69) is 0 Å². The fourth-order valence-corrected chi connectivity index (χ4v) is 1.22. The third-order valence-electron chi connectivity index (χ3n) is 1.20. The summed E-state index contributed by atoms with van der Waals surface area (Å²) in [5.41, 5.74) is 0. The zero-order valence-corrected chi connectivity index (χ0v) is 8.26. The molecule has 1 rings (SSSR count). The molecule has 0 atom stereocenters. The Labute approximate surface area is 78.7 Å². The van der Waals surface area contributed by atoms with Crippen LogP contribution in [-0.4, -0.2) is 6.61 Å². The number of ether oxygens (including phenoxy) is 1. The largest absolute Gasteiger partial charge is 0.494 e. The molecule has 1 aromatic carbocycles. The van der Waals surface area contributed by atoms with Crippen LogP contribution in [0.1, 0.15) is 6.92 Å². The van der Waals surface area contributed by atoms with Gasteiger partial charge < -0.3 is 4.74 Å². The van der Waals surface area contributed by atoms with Gasteiger partial charge in [-0.25, -0.2) is 4.39 Å². The maximum absolute atomic E-state index is 12.7. The van der Waals surface area contributed by atoms with Crippen LogP contribution in [0.5, 0.6) is 5.75 Å². The first kappa shape index (κ1) is 8.77. The minimum Gasteiger partial charge on any atom is -0.494 e. The molecule has 0 saturated carbocycles. The third kappa shape index (κ3) is 2.32. The Hall–Kier alpha value is -0.320. The first-order valence-corrected chi connectivity index (χ1v) is 4.39. The number of hydrogen-bond acceptors (Lipinski definition) is 1. The monoisotopic (exact) mass is 266 g/mol. The molecule has 0 aliphatic rings. The zero-order valence-electron chi connectivity index (χ0n) is 6.10. The van der Waals surface area contributed by atoms with Crippen molar-refractivity contribution in [1.29, 1.82) is 0 Å². The third-order valence-corrected chi connectivity index (χ3v) is 2.03. The van der Waals surface area contributed by atoms with Gasteiger partial charge in [0.2, 0.25) is 0 Å². The molecule has 0 aromatic heterocycles. The molecule has 11 heavy (non-hydrogen) atoms. The second-order valence-corrected chi connectivity index (χ2v) is 3.17. The van der Waals surface area contributed by atoms with Gasteiger partial charge in [-0.3, -0.25) is 0 Å². The van der Waals surface area contributed by atoms with E-state index in [1.165, 1.54) is 6.07 Å². The van der Waals surface area contributed by atoms with Gasteiger partial charge >= 0.3 is 0 Å². The molecule has 0 saturated heterocycles. The molecule has 0 spiro atoms. The lowest BCUT2D eigenvalue weighted by Gasteiger charge is -2.02. The normalized spacial score (nSPS) is 9.73. The van der Waals surface area contributed by atoms with E-state index in [-0.39, 0.29) is 5.82 Å². The molecule has 0 aliphatic heterocycles. The summed E-state index contributed by atoms with van der Waals surface area (Å²) < 4.78 is 18.4. The van der Waals surface area contributed by atoms with Crippen LogP contribution in [0.3, 0.4) is 0 Å². The molecule has 1 aromatic rings. The van der Waals surface area contributed by atoms with E-state index in [1.807, 2.05) is 29.5 Å². The van der Waals surface area contributed by atoms with Gasteiger partial charge in [0.1, 0.15) is 11.6 Å². The molecule has 0 unspecified atom stereocenters. The van der Waals surface area contributed by atoms with Crippen LogP contribution in [0, 0.1) is 9.39 Å². The average Bonchev–Trinajstić information content (AvgIpc) is 1.98. The van der Waals surface area contributed by atoms with Crippen LogP contribution in [0.15, 0.2) is 18.2 Å². The highest BCUT2D eigenvalue weighted by atomic mass is 127. The maximum atomic E-state index is 12.7. The van der Waals surface area contributed by atoms with Crippen molar-refractivity contribution in [1.82, 2.24) is 0 Å². The molecular formula is C8H8FIO. The summed E-state index contributed by atoms with van der Waals surface area (Å²) in [6, 6.07) is 4.72. The Bertz CT molecular complexity index is 250. The summed E-state index contributed by atoms with van der Waals surface area (Å²) in [5.74, 6) is 0.521. The molecule has 1 nitrogen and oxygen atoms in total. The predicted molar refractivity (Wildman–Crippen MR) is 50.3 cm³/mol. The Morgan fingerprint density at radius 3 is 2.82 bits per heavy atom. The molecule has 0 amide bonds. The summed E-state index contributed by atoms with van der Waals surface area (Å²) in [5, 5.41) is 0. The first-order valence-electron chi connectivity index (χ1n) is 3.32. The van der Waals surface area contributed by atoms with E-state index in [1.54, 1.807) is 12.1 Å². The van der Waals surface area contributed by atoms with Crippen molar-refractivity contribution in [3.63, 3.8) is 0 Å². The van der Waals surface area contributed by atoms with Crippen molar-refractivity contribution in [2.45, 2.75) is 6.92 Å². The van der Waals surface area contributed by atoms with Gasteiger partial charge in [0.05, 0.1) is 10.2 Å². The van der Waals surface area contributed by atoms with E-state index in [9.17, 15) is 4.39 Å². The van der Waals surface area contributed by atoms with Gasteiger partial charge in [-0.2, -0.15) is 0 Å². The highest BCUT2D eigenvalue weighted by molar-refractivity contribution is 14.1. The second-order valence-electron chi connectivity index (χ2n) is 2.01. The lowest BCUT2D eigenvalue weighted by molar-refractivity contribution is 0.339. The molecule has 0 radical (unpaired) electrons. The predicted octanol–water partition coefficient (Wildman–Crippen LogP) is 2.83. The van der Waals surface area contributed by atoms with Crippen molar-refractivity contribution in [3.8, 4) is 5.75 Å². The minimum absolute atomic E-state index is 0.200. The maximum Gasteiger partial charge on any atom is 0.136 e. The molecule has 0 fully saturated rings. The highest BCUT2D eigenvalue weighted by Crippen LogP contribution is 2.17. The van der Waals surface area contributed by atoms with Crippen molar-refractivity contribution >= 4 is 22.6 Å². The topological polar surface area (TPSA) is 9.23 Å². The Morgan fingerprint density at radius 1 is 1.55 bits per heavy atom. The smallest absolute Gasteiger partial charge is 0.136 e.